The highest BCUT2D eigenvalue weighted by atomic mass is 16.5. The normalized spacial score (nSPS) is 18.5. The highest BCUT2D eigenvalue weighted by Crippen LogP contribution is 2.47. The molecule has 0 saturated heterocycles. The molecule has 0 unspecified atom stereocenters. The summed E-state index contributed by atoms with van der Waals surface area (Å²) in [5.74, 6) is 3.31. The SMILES string of the molecule is CC(C)OCCCn1c(N/N=C\c2ccc([C@@H]3C[C@@H]3C)o2)nc2ccccc2c1=O. The van der Waals surface area contributed by atoms with Gasteiger partial charge in [0.15, 0.2) is 0 Å². The average molecular weight is 409 g/mol. The van der Waals surface area contributed by atoms with Crippen molar-refractivity contribution in [3.8, 4) is 0 Å². The van der Waals surface area contributed by atoms with Gasteiger partial charge in [0.05, 0.1) is 23.2 Å². The van der Waals surface area contributed by atoms with Crippen molar-refractivity contribution in [2.75, 3.05) is 12.0 Å². The quantitative estimate of drug-likeness (QED) is 0.323. The topological polar surface area (TPSA) is 81.7 Å². The van der Waals surface area contributed by atoms with Gasteiger partial charge >= 0.3 is 0 Å². The third-order valence-corrected chi connectivity index (χ3v) is 5.32. The number of nitrogens with zero attached hydrogens (tertiary/aromatic N) is 3. The molecule has 2 atom stereocenters. The molecule has 1 aliphatic rings. The summed E-state index contributed by atoms with van der Waals surface area (Å²) in [6.07, 6.45) is 3.66. The van der Waals surface area contributed by atoms with Crippen molar-refractivity contribution in [3.63, 3.8) is 0 Å². The van der Waals surface area contributed by atoms with Crippen LogP contribution < -0.4 is 11.0 Å². The number of nitrogens with one attached hydrogen (secondary N) is 1. The largest absolute Gasteiger partial charge is 0.460 e. The van der Waals surface area contributed by atoms with E-state index in [0.717, 1.165) is 5.76 Å². The molecule has 1 fully saturated rings. The third-order valence-electron chi connectivity index (χ3n) is 5.32. The number of benzene rings is 1. The third kappa shape index (κ3) is 4.62. The Morgan fingerprint density at radius 2 is 2.13 bits per heavy atom. The fourth-order valence-corrected chi connectivity index (χ4v) is 3.51. The summed E-state index contributed by atoms with van der Waals surface area (Å²) in [5.41, 5.74) is 3.47. The van der Waals surface area contributed by atoms with Crippen molar-refractivity contribution in [2.24, 2.45) is 11.0 Å². The summed E-state index contributed by atoms with van der Waals surface area (Å²) in [6.45, 7) is 7.28. The lowest BCUT2D eigenvalue weighted by Crippen LogP contribution is -2.25. The zero-order chi connectivity index (χ0) is 21.1. The van der Waals surface area contributed by atoms with E-state index in [-0.39, 0.29) is 11.7 Å². The van der Waals surface area contributed by atoms with Crippen LogP contribution in [-0.4, -0.2) is 28.5 Å². The molecule has 0 bridgehead atoms. The van der Waals surface area contributed by atoms with Crippen LogP contribution in [0.4, 0.5) is 5.95 Å². The van der Waals surface area contributed by atoms with Crippen molar-refractivity contribution < 1.29 is 9.15 Å². The number of rotatable bonds is 9. The van der Waals surface area contributed by atoms with Gasteiger partial charge in [-0.3, -0.25) is 9.36 Å². The first kappa shape index (κ1) is 20.3. The number of hydrogen-bond acceptors (Lipinski definition) is 6. The monoisotopic (exact) mass is 408 g/mol. The van der Waals surface area contributed by atoms with E-state index in [1.54, 1.807) is 16.8 Å². The molecule has 4 rings (SSSR count). The van der Waals surface area contributed by atoms with E-state index >= 15 is 0 Å². The number of fused-ring (bicyclic) bond motifs is 1. The fourth-order valence-electron chi connectivity index (χ4n) is 3.51. The fraction of sp³-hybridized carbons (Fsp3) is 0.435. The van der Waals surface area contributed by atoms with Crippen molar-refractivity contribution in [2.45, 2.75) is 52.2 Å². The van der Waals surface area contributed by atoms with Crippen LogP contribution in [0.25, 0.3) is 10.9 Å². The molecule has 3 aromatic rings. The molecule has 0 aliphatic heterocycles. The molecule has 7 nitrogen and oxygen atoms in total. The van der Waals surface area contributed by atoms with Crippen LogP contribution >= 0.6 is 0 Å². The first-order chi connectivity index (χ1) is 14.5. The van der Waals surface area contributed by atoms with E-state index in [1.165, 1.54) is 6.42 Å². The zero-order valence-corrected chi connectivity index (χ0v) is 17.7. The number of para-hydroxylation sites is 1. The summed E-state index contributed by atoms with van der Waals surface area (Å²) in [7, 11) is 0. The smallest absolute Gasteiger partial charge is 0.262 e. The van der Waals surface area contributed by atoms with E-state index in [2.05, 4.69) is 22.4 Å². The molecule has 0 amide bonds. The van der Waals surface area contributed by atoms with Crippen molar-refractivity contribution in [1.29, 1.82) is 0 Å². The highest BCUT2D eigenvalue weighted by Gasteiger charge is 2.36. The lowest BCUT2D eigenvalue weighted by molar-refractivity contribution is 0.0748. The standard InChI is InChI=1S/C23H28N4O3/c1-15(2)29-12-6-11-27-22(28)18-7-4-5-8-20(18)25-23(27)26-24-14-17-9-10-21(30-17)19-13-16(19)3/h4-5,7-10,14-16,19H,6,11-13H2,1-3H3,(H,25,26)/b24-14-/t16-,19+/m0/s1. The van der Waals surface area contributed by atoms with Gasteiger partial charge in [-0.05, 0) is 56.9 Å². The van der Waals surface area contributed by atoms with E-state index in [1.807, 2.05) is 44.2 Å². The van der Waals surface area contributed by atoms with E-state index in [4.69, 9.17) is 9.15 Å². The van der Waals surface area contributed by atoms with Crippen LogP contribution in [0.3, 0.4) is 0 Å². The van der Waals surface area contributed by atoms with Gasteiger partial charge in [-0.15, -0.1) is 0 Å². The van der Waals surface area contributed by atoms with Crippen molar-refractivity contribution >= 4 is 23.1 Å². The molecule has 158 valence electrons. The Morgan fingerprint density at radius 1 is 1.33 bits per heavy atom. The summed E-state index contributed by atoms with van der Waals surface area (Å²) in [4.78, 5) is 17.6. The van der Waals surface area contributed by atoms with E-state index in [9.17, 15) is 4.79 Å². The first-order valence-corrected chi connectivity index (χ1v) is 10.5. The average Bonchev–Trinajstić information content (AvgIpc) is 3.27. The first-order valence-electron chi connectivity index (χ1n) is 10.5. The predicted molar refractivity (Wildman–Crippen MR) is 118 cm³/mol. The minimum atomic E-state index is -0.0918. The molecule has 2 aromatic heterocycles. The molecule has 1 N–H and O–H groups in total. The number of hydrazone groups is 1. The number of anilines is 1. The van der Waals surface area contributed by atoms with Gasteiger partial charge in [-0.1, -0.05) is 19.1 Å². The van der Waals surface area contributed by atoms with Gasteiger partial charge in [0.1, 0.15) is 11.5 Å². The Labute approximate surface area is 175 Å². The molecule has 1 saturated carbocycles. The Balaban J connectivity index is 1.52. The predicted octanol–water partition coefficient (Wildman–Crippen LogP) is 4.37. The minimum absolute atomic E-state index is 0.0918. The van der Waals surface area contributed by atoms with Crippen LogP contribution in [-0.2, 0) is 11.3 Å². The van der Waals surface area contributed by atoms with Gasteiger partial charge in [0.2, 0.25) is 5.95 Å². The van der Waals surface area contributed by atoms with Crippen LogP contribution in [0.2, 0.25) is 0 Å². The van der Waals surface area contributed by atoms with Gasteiger partial charge in [-0.25, -0.2) is 10.4 Å². The molecule has 30 heavy (non-hydrogen) atoms. The summed E-state index contributed by atoms with van der Waals surface area (Å²) in [5, 5.41) is 4.86. The second-order valence-electron chi connectivity index (χ2n) is 8.11. The Morgan fingerprint density at radius 3 is 2.90 bits per heavy atom. The molecular formula is C23H28N4O3. The van der Waals surface area contributed by atoms with Gasteiger partial charge in [0.25, 0.3) is 5.56 Å². The molecule has 0 radical (unpaired) electrons. The van der Waals surface area contributed by atoms with E-state index < -0.39 is 0 Å². The van der Waals surface area contributed by atoms with Gasteiger partial charge in [0, 0.05) is 19.1 Å². The molecule has 1 aliphatic carbocycles. The van der Waals surface area contributed by atoms with Crippen LogP contribution in [0.5, 0.6) is 0 Å². The summed E-state index contributed by atoms with van der Waals surface area (Å²) < 4.78 is 13.1. The number of aromatic nitrogens is 2. The maximum atomic E-state index is 13.0. The van der Waals surface area contributed by atoms with E-state index in [0.29, 0.717) is 54.0 Å². The zero-order valence-electron chi connectivity index (χ0n) is 17.7. The second kappa shape index (κ2) is 8.83. The van der Waals surface area contributed by atoms with Crippen LogP contribution in [0.15, 0.2) is 50.7 Å². The number of ether oxygens (including phenoxy) is 1. The van der Waals surface area contributed by atoms with Crippen molar-refractivity contribution in [1.82, 2.24) is 9.55 Å². The Hall–Kier alpha value is -2.93. The molecular weight excluding hydrogens is 380 g/mol. The maximum absolute atomic E-state index is 13.0. The molecule has 1 aromatic carbocycles. The molecule has 0 spiro atoms. The molecule has 2 heterocycles. The second-order valence-corrected chi connectivity index (χ2v) is 8.11. The summed E-state index contributed by atoms with van der Waals surface area (Å²) in [6, 6.07) is 11.3. The Kier molecular flexibility index (Phi) is 5.99. The number of hydrogen-bond donors (Lipinski definition) is 1. The lowest BCUT2D eigenvalue weighted by atomic mass is 10.2. The Bertz CT molecular complexity index is 1100. The van der Waals surface area contributed by atoms with Crippen LogP contribution in [0, 0.1) is 5.92 Å². The van der Waals surface area contributed by atoms with Gasteiger partial charge in [-0.2, -0.15) is 5.10 Å². The highest BCUT2D eigenvalue weighted by molar-refractivity contribution is 5.79. The lowest BCUT2D eigenvalue weighted by Gasteiger charge is -2.13. The van der Waals surface area contributed by atoms with Gasteiger partial charge < -0.3 is 9.15 Å². The molecule has 7 heteroatoms. The maximum Gasteiger partial charge on any atom is 0.262 e. The van der Waals surface area contributed by atoms with Crippen molar-refractivity contribution in [3.05, 3.63) is 58.3 Å². The van der Waals surface area contributed by atoms with Crippen LogP contribution in [0.1, 0.15) is 51.1 Å². The summed E-state index contributed by atoms with van der Waals surface area (Å²) >= 11 is 0. The number of furan rings is 1. The minimum Gasteiger partial charge on any atom is -0.460 e.